The molecule has 0 radical (unpaired) electrons. The van der Waals surface area contributed by atoms with Crippen molar-refractivity contribution in [2.45, 2.75) is 25.8 Å². The molecule has 0 unspecified atom stereocenters. The first-order valence-electron chi connectivity index (χ1n) is 9.40. The molecule has 0 saturated carbocycles. The van der Waals surface area contributed by atoms with Crippen molar-refractivity contribution >= 4 is 23.7 Å². The second-order valence-electron chi connectivity index (χ2n) is 7.24. The topological polar surface area (TPSA) is 86.7 Å². The Bertz CT molecular complexity index is 747. The summed E-state index contributed by atoms with van der Waals surface area (Å²) in [6, 6.07) is 1.01. The Hall–Kier alpha value is -2.77. The molecular weight excluding hydrogens is 346 g/mol. The molecule has 1 aliphatic carbocycles. The summed E-state index contributed by atoms with van der Waals surface area (Å²) in [5, 5.41) is 0. The summed E-state index contributed by atoms with van der Waals surface area (Å²) in [6.45, 7) is 3.95. The van der Waals surface area contributed by atoms with E-state index < -0.39 is 6.04 Å². The van der Waals surface area contributed by atoms with E-state index in [0.717, 1.165) is 0 Å². The molecule has 1 aromatic rings. The van der Waals surface area contributed by atoms with Crippen LogP contribution in [0, 0.1) is 11.8 Å². The van der Waals surface area contributed by atoms with Crippen molar-refractivity contribution in [3.05, 3.63) is 30.6 Å². The molecule has 2 saturated heterocycles. The number of amides is 3. The third-order valence-electron chi connectivity index (χ3n) is 5.71. The summed E-state index contributed by atoms with van der Waals surface area (Å²) < 4.78 is 0. The van der Waals surface area contributed by atoms with Gasteiger partial charge in [-0.1, -0.05) is 12.2 Å². The molecule has 3 atom stereocenters. The largest absolute Gasteiger partial charge is 0.337 e. The summed E-state index contributed by atoms with van der Waals surface area (Å²) in [7, 11) is 0. The fourth-order valence-electron chi connectivity index (χ4n) is 4.16. The molecule has 27 heavy (non-hydrogen) atoms. The molecule has 142 valence electrons. The normalized spacial score (nSPS) is 26.3. The molecule has 0 spiro atoms. The molecule has 8 nitrogen and oxygen atoms in total. The average Bonchev–Trinajstić information content (AvgIpc) is 2.98. The minimum absolute atomic E-state index is 0.170. The van der Waals surface area contributed by atoms with Crippen LogP contribution in [-0.2, 0) is 14.4 Å². The van der Waals surface area contributed by atoms with E-state index in [4.69, 9.17) is 0 Å². The summed E-state index contributed by atoms with van der Waals surface area (Å²) >= 11 is 0. The van der Waals surface area contributed by atoms with Crippen LogP contribution in [0.2, 0.25) is 0 Å². The van der Waals surface area contributed by atoms with Gasteiger partial charge in [0.1, 0.15) is 6.04 Å². The molecule has 4 rings (SSSR count). The number of hydrogen-bond donors (Lipinski definition) is 0. The van der Waals surface area contributed by atoms with Crippen LogP contribution >= 0.6 is 0 Å². The van der Waals surface area contributed by atoms with Gasteiger partial charge in [0.05, 0.1) is 11.8 Å². The van der Waals surface area contributed by atoms with Crippen LogP contribution in [0.15, 0.2) is 30.6 Å². The number of aromatic nitrogens is 2. The molecule has 0 N–H and O–H groups in total. The monoisotopic (exact) mass is 369 g/mol. The van der Waals surface area contributed by atoms with Crippen molar-refractivity contribution in [2.75, 3.05) is 31.1 Å². The molecule has 0 aromatic carbocycles. The van der Waals surface area contributed by atoms with Gasteiger partial charge >= 0.3 is 0 Å². The number of rotatable bonds is 3. The van der Waals surface area contributed by atoms with Gasteiger partial charge in [0.2, 0.25) is 23.7 Å². The highest BCUT2D eigenvalue weighted by Crippen LogP contribution is 2.36. The van der Waals surface area contributed by atoms with Gasteiger partial charge in [0.15, 0.2) is 0 Å². The molecule has 0 bridgehead atoms. The Balaban J connectivity index is 1.40. The third kappa shape index (κ3) is 3.09. The van der Waals surface area contributed by atoms with Crippen LogP contribution in [-0.4, -0.2) is 69.7 Å². The number of nitrogens with zero attached hydrogens (tertiary/aromatic N) is 5. The summed E-state index contributed by atoms with van der Waals surface area (Å²) in [6.07, 6.45) is 8.47. The smallest absolute Gasteiger partial charge is 0.245 e. The van der Waals surface area contributed by atoms with E-state index in [1.165, 1.54) is 4.90 Å². The quantitative estimate of drug-likeness (QED) is 0.568. The number of anilines is 1. The lowest BCUT2D eigenvalue weighted by Crippen LogP contribution is -2.55. The lowest BCUT2D eigenvalue weighted by atomic mass is 9.85. The lowest BCUT2D eigenvalue weighted by Gasteiger charge is -2.37. The Morgan fingerprint density at radius 3 is 2.11 bits per heavy atom. The number of likely N-dealkylation sites (tertiary alicyclic amines) is 1. The second kappa shape index (κ2) is 7.09. The Kier molecular flexibility index (Phi) is 4.63. The Labute approximate surface area is 157 Å². The van der Waals surface area contributed by atoms with Crippen LogP contribution in [0.25, 0.3) is 0 Å². The van der Waals surface area contributed by atoms with Gasteiger partial charge in [0.25, 0.3) is 0 Å². The molecule has 2 aliphatic heterocycles. The van der Waals surface area contributed by atoms with Gasteiger partial charge in [-0.3, -0.25) is 19.3 Å². The average molecular weight is 369 g/mol. The standard InChI is InChI=1S/C19H23N5O3/c1-13(24-17(26)14-5-2-3-6-15(14)18(24)27)16(25)22-9-11-23(12-10-22)19-20-7-4-8-21-19/h2-4,7-8,13-15H,5-6,9-12H2,1H3/t13-,14-,15+/m1/s1. The SMILES string of the molecule is C[C@H](C(=O)N1CCN(c2ncccn2)CC1)N1C(=O)[C@H]2CC=CC[C@H]2C1=O. The summed E-state index contributed by atoms with van der Waals surface area (Å²) in [4.78, 5) is 51.8. The number of allylic oxidation sites excluding steroid dienone is 2. The van der Waals surface area contributed by atoms with Crippen molar-refractivity contribution in [3.8, 4) is 0 Å². The van der Waals surface area contributed by atoms with E-state index >= 15 is 0 Å². The van der Waals surface area contributed by atoms with E-state index in [9.17, 15) is 14.4 Å². The lowest BCUT2D eigenvalue weighted by molar-refractivity contribution is -0.151. The molecule has 8 heteroatoms. The van der Waals surface area contributed by atoms with E-state index in [1.54, 1.807) is 30.3 Å². The van der Waals surface area contributed by atoms with Crippen molar-refractivity contribution in [1.29, 1.82) is 0 Å². The molecular formula is C19H23N5O3. The van der Waals surface area contributed by atoms with Gasteiger partial charge in [-0.2, -0.15) is 0 Å². The van der Waals surface area contributed by atoms with Gasteiger partial charge < -0.3 is 9.80 Å². The fourth-order valence-corrected chi connectivity index (χ4v) is 4.16. The maximum Gasteiger partial charge on any atom is 0.245 e. The van der Waals surface area contributed by atoms with Crippen molar-refractivity contribution in [2.24, 2.45) is 11.8 Å². The maximum atomic E-state index is 12.9. The fraction of sp³-hybridized carbons (Fsp3) is 0.526. The maximum absolute atomic E-state index is 12.9. The zero-order valence-corrected chi connectivity index (χ0v) is 15.3. The summed E-state index contributed by atoms with van der Waals surface area (Å²) in [5.74, 6) is -0.524. The number of carbonyl (C=O) groups is 3. The highest BCUT2D eigenvalue weighted by Gasteiger charge is 2.50. The minimum Gasteiger partial charge on any atom is -0.337 e. The predicted molar refractivity (Wildman–Crippen MR) is 97.5 cm³/mol. The Morgan fingerprint density at radius 2 is 1.56 bits per heavy atom. The zero-order chi connectivity index (χ0) is 19.0. The first-order chi connectivity index (χ1) is 13.1. The van der Waals surface area contributed by atoms with Gasteiger partial charge in [-0.05, 0) is 25.8 Å². The molecule has 2 fully saturated rings. The Morgan fingerprint density at radius 1 is 1.00 bits per heavy atom. The van der Waals surface area contributed by atoms with E-state index in [2.05, 4.69) is 9.97 Å². The van der Waals surface area contributed by atoms with Crippen LogP contribution in [0.4, 0.5) is 5.95 Å². The number of imide groups is 1. The minimum atomic E-state index is -0.755. The van der Waals surface area contributed by atoms with E-state index in [-0.39, 0.29) is 29.6 Å². The van der Waals surface area contributed by atoms with Gasteiger partial charge in [-0.25, -0.2) is 9.97 Å². The van der Waals surface area contributed by atoms with Gasteiger partial charge in [0, 0.05) is 38.6 Å². The highest BCUT2D eigenvalue weighted by molar-refractivity contribution is 6.08. The van der Waals surface area contributed by atoms with Crippen molar-refractivity contribution in [3.63, 3.8) is 0 Å². The van der Waals surface area contributed by atoms with Crippen LogP contribution in [0.5, 0.6) is 0 Å². The summed E-state index contributed by atoms with van der Waals surface area (Å²) in [5.41, 5.74) is 0. The highest BCUT2D eigenvalue weighted by atomic mass is 16.2. The molecule has 3 heterocycles. The molecule has 1 aromatic heterocycles. The van der Waals surface area contributed by atoms with E-state index in [1.807, 2.05) is 17.1 Å². The molecule has 3 amide bonds. The van der Waals surface area contributed by atoms with Crippen LogP contribution in [0.3, 0.4) is 0 Å². The first-order valence-corrected chi connectivity index (χ1v) is 9.40. The van der Waals surface area contributed by atoms with Crippen LogP contribution in [0.1, 0.15) is 19.8 Å². The molecule has 3 aliphatic rings. The number of fused-ring (bicyclic) bond motifs is 1. The number of hydrogen-bond acceptors (Lipinski definition) is 6. The first kappa shape index (κ1) is 17.6. The number of carbonyl (C=O) groups excluding carboxylic acids is 3. The second-order valence-corrected chi connectivity index (χ2v) is 7.24. The third-order valence-corrected chi connectivity index (χ3v) is 5.71. The van der Waals surface area contributed by atoms with Gasteiger partial charge in [-0.15, -0.1) is 0 Å². The predicted octanol–water partition coefficient (Wildman–Crippen LogP) is 0.465. The number of piperazine rings is 1. The van der Waals surface area contributed by atoms with Crippen LogP contribution < -0.4 is 4.90 Å². The van der Waals surface area contributed by atoms with E-state index in [0.29, 0.717) is 45.0 Å². The van der Waals surface area contributed by atoms with Crippen molar-refractivity contribution < 1.29 is 14.4 Å². The van der Waals surface area contributed by atoms with Crippen molar-refractivity contribution in [1.82, 2.24) is 19.8 Å². The zero-order valence-electron chi connectivity index (χ0n) is 15.3.